The molecular weight excluding hydrogens is 162 g/mol. The Labute approximate surface area is 77.9 Å². The first-order valence-electron chi connectivity index (χ1n) is 4.45. The lowest BCUT2D eigenvalue weighted by Crippen LogP contribution is -2.16. The van der Waals surface area contributed by atoms with Gasteiger partial charge >= 0.3 is 0 Å². The van der Waals surface area contributed by atoms with E-state index in [4.69, 9.17) is 5.11 Å². The van der Waals surface area contributed by atoms with Crippen molar-refractivity contribution in [2.24, 2.45) is 0 Å². The van der Waals surface area contributed by atoms with Crippen LogP contribution in [0.15, 0.2) is 24.8 Å². The summed E-state index contributed by atoms with van der Waals surface area (Å²) in [5, 5.41) is 12.4. The molecule has 0 fully saturated rings. The number of nitrogens with one attached hydrogen (secondary N) is 1. The molecule has 0 bridgehead atoms. The lowest BCUT2D eigenvalue weighted by molar-refractivity contribution is 0.251. The Hall–Kier alpha value is -1.12. The molecule has 1 heterocycles. The normalized spacial score (nSPS) is 19.9. The first-order valence-corrected chi connectivity index (χ1v) is 4.45. The van der Waals surface area contributed by atoms with Crippen molar-refractivity contribution in [3.05, 3.63) is 41.5 Å². The van der Waals surface area contributed by atoms with E-state index in [-0.39, 0.29) is 12.6 Å². The highest BCUT2D eigenvalue weighted by Crippen LogP contribution is 2.28. The van der Waals surface area contributed by atoms with Crippen molar-refractivity contribution in [3.8, 4) is 0 Å². The third-order valence-corrected chi connectivity index (χ3v) is 2.52. The van der Waals surface area contributed by atoms with Gasteiger partial charge in [0, 0.05) is 6.54 Å². The first kappa shape index (κ1) is 8.48. The average Bonchev–Trinajstić information content (AvgIpc) is 2.60. The molecule has 2 rings (SSSR count). The largest absolute Gasteiger partial charge is 0.394 e. The summed E-state index contributed by atoms with van der Waals surface area (Å²) in [6, 6.07) is 6.23. The summed E-state index contributed by atoms with van der Waals surface area (Å²) in [5.41, 5.74) is 3.61. The van der Waals surface area contributed by atoms with E-state index in [2.05, 4.69) is 18.0 Å². The van der Waals surface area contributed by atoms with Gasteiger partial charge in [-0.3, -0.25) is 0 Å². The van der Waals surface area contributed by atoms with E-state index in [1.807, 2.05) is 18.2 Å². The minimum absolute atomic E-state index is 0.0872. The average molecular weight is 175 g/mol. The molecule has 2 heteroatoms. The molecule has 2 nitrogen and oxygen atoms in total. The van der Waals surface area contributed by atoms with Crippen molar-refractivity contribution in [1.82, 2.24) is 5.32 Å². The highest BCUT2D eigenvalue weighted by atomic mass is 16.3. The van der Waals surface area contributed by atoms with Gasteiger partial charge in [-0.1, -0.05) is 30.9 Å². The van der Waals surface area contributed by atoms with E-state index in [1.165, 1.54) is 11.1 Å². The summed E-state index contributed by atoms with van der Waals surface area (Å²) in [6.45, 7) is 4.77. The topological polar surface area (TPSA) is 32.3 Å². The van der Waals surface area contributed by atoms with Crippen molar-refractivity contribution >= 4 is 6.08 Å². The molecule has 0 amide bonds. The maximum atomic E-state index is 9.14. The van der Waals surface area contributed by atoms with Gasteiger partial charge < -0.3 is 10.4 Å². The third kappa shape index (κ3) is 1.28. The van der Waals surface area contributed by atoms with Crippen molar-refractivity contribution in [2.45, 2.75) is 12.6 Å². The summed E-state index contributed by atoms with van der Waals surface area (Å²) >= 11 is 0. The number of benzene rings is 1. The van der Waals surface area contributed by atoms with Crippen LogP contribution in [0.4, 0.5) is 0 Å². The predicted octanol–water partition coefficient (Wildman–Crippen LogP) is 1.47. The zero-order chi connectivity index (χ0) is 9.26. The van der Waals surface area contributed by atoms with Gasteiger partial charge in [0.2, 0.25) is 0 Å². The molecule has 13 heavy (non-hydrogen) atoms. The van der Waals surface area contributed by atoms with E-state index in [0.29, 0.717) is 0 Å². The van der Waals surface area contributed by atoms with Gasteiger partial charge in [-0.25, -0.2) is 0 Å². The predicted molar refractivity (Wildman–Crippen MR) is 53.2 cm³/mol. The van der Waals surface area contributed by atoms with Crippen LogP contribution in [0.2, 0.25) is 0 Å². The lowest BCUT2D eigenvalue weighted by atomic mass is 9.99. The molecule has 0 saturated heterocycles. The standard InChI is InChI=1S/C11H13NO/c1-2-8-4-3-5-9-6-12-10(7-13)11(8)9/h2-5,10,12-13H,1,6-7H2/t10-/m1/s1. The van der Waals surface area contributed by atoms with Crippen LogP contribution in [0.25, 0.3) is 6.08 Å². The van der Waals surface area contributed by atoms with Crippen LogP contribution in [-0.2, 0) is 6.54 Å². The van der Waals surface area contributed by atoms with Gasteiger partial charge in [0.25, 0.3) is 0 Å². The molecule has 0 saturated carbocycles. The molecular formula is C11H13NO. The van der Waals surface area contributed by atoms with Gasteiger partial charge in [0.05, 0.1) is 12.6 Å². The molecule has 2 N–H and O–H groups in total. The van der Waals surface area contributed by atoms with Crippen LogP contribution >= 0.6 is 0 Å². The summed E-state index contributed by atoms with van der Waals surface area (Å²) in [4.78, 5) is 0. The highest BCUT2D eigenvalue weighted by molar-refractivity contribution is 5.56. The minimum Gasteiger partial charge on any atom is -0.394 e. The molecule has 0 unspecified atom stereocenters. The third-order valence-electron chi connectivity index (χ3n) is 2.52. The van der Waals surface area contributed by atoms with Crippen LogP contribution in [0.3, 0.4) is 0 Å². The van der Waals surface area contributed by atoms with Gasteiger partial charge in [-0.2, -0.15) is 0 Å². The molecule has 0 aliphatic carbocycles. The molecule has 0 aromatic heterocycles. The second-order valence-electron chi connectivity index (χ2n) is 3.24. The molecule has 1 aliphatic heterocycles. The lowest BCUT2D eigenvalue weighted by Gasteiger charge is -2.10. The Bertz CT molecular complexity index is 333. The van der Waals surface area contributed by atoms with Gasteiger partial charge in [0.1, 0.15) is 0 Å². The second kappa shape index (κ2) is 3.32. The maximum absolute atomic E-state index is 9.14. The fraction of sp³-hybridized carbons (Fsp3) is 0.273. The maximum Gasteiger partial charge on any atom is 0.0626 e. The molecule has 1 aromatic carbocycles. The fourth-order valence-electron chi connectivity index (χ4n) is 1.88. The zero-order valence-electron chi connectivity index (χ0n) is 7.46. The smallest absolute Gasteiger partial charge is 0.0626 e. The summed E-state index contributed by atoms with van der Waals surface area (Å²) in [7, 11) is 0. The van der Waals surface area contributed by atoms with Crippen molar-refractivity contribution in [3.63, 3.8) is 0 Å². The molecule has 0 spiro atoms. The van der Waals surface area contributed by atoms with Crippen molar-refractivity contribution in [2.75, 3.05) is 6.61 Å². The number of fused-ring (bicyclic) bond motifs is 1. The SMILES string of the molecule is C=Cc1cccc2c1[C@@H](CO)NC2. The number of hydrogen-bond donors (Lipinski definition) is 2. The van der Waals surface area contributed by atoms with Crippen molar-refractivity contribution < 1.29 is 5.11 Å². The quantitative estimate of drug-likeness (QED) is 0.713. The van der Waals surface area contributed by atoms with Crippen molar-refractivity contribution in [1.29, 1.82) is 0 Å². The van der Waals surface area contributed by atoms with E-state index in [1.54, 1.807) is 0 Å². The number of aliphatic hydroxyl groups is 1. The Morgan fingerprint density at radius 1 is 1.62 bits per heavy atom. The Morgan fingerprint density at radius 3 is 3.15 bits per heavy atom. The van der Waals surface area contributed by atoms with Crippen LogP contribution in [0.5, 0.6) is 0 Å². The van der Waals surface area contributed by atoms with Gasteiger partial charge in [-0.15, -0.1) is 0 Å². The van der Waals surface area contributed by atoms with E-state index < -0.39 is 0 Å². The van der Waals surface area contributed by atoms with Gasteiger partial charge in [0.15, 0.2) is 0 Å². The molecule has 1 aromatic rings. The second-order valence-corrected chi connectivity index (χ2v) is 3.24. The van der Waals surface area contributed by atoms with Crippen LogP contribution in [-0.4, -0.2) is 11.7 Å². The highest BCUT2D eigenvalue weighted by Gasteiger charge is 2.22. The summed E-state index contributed by atoms with van der Waals surface area (Å²) in [6.07, 6.45) is 1.84. The van der Waals surface area contributed by atoms with Crippen LogP contribution in [0, 0.1) is 0 Å². The zero-order valence-corrected chi connectivity index (χ0v) is 7.46. The Balaban J connectivity index is 2.52. The summed E-state index contributed by atoms with van der Waals surface area (Å²) in [5.74, 6) is 0. The summed E-state index contributed by atoms with van der Waals surface area (Å²) < 4.78 is 0. The number of hydrogen-bond acceptors (Lipinski definition) is 2. The van der Waals surface area contributed by atoms with Crippen LogP contribution < -0.4 is 5.32 Å². The molecule has 68 valence electrons. The fourth-order valence-corrected chi connectivity index (χ4v) is 1.88. The Morgan fingerprint density at radius 2 is 2.46 bits per heavy atom. The number of aliphatic hydroxyl groups excluding tert-OH is 1. The number of rotatable bonds is 2. The van der Waals surface area contributed by atoms with Gasteiger partial charge in [-0.05, 0) is 16.7 Å². The van der Waals surface area contributed by atoms with E-state index >= 15 is 0 Å². The first-order chi connectivity index (χ1) is 6.36. The molecule has 1 aliphatic rings. The van der Waals surface area contributed by atoms with E-state index in [9.17, 15) is 0 Å². The van der Waals surface area contributed by atoms with E-state index in [0.717, 1.165) is 12.1 Å². The minimum atomic E-state index is 0.0872. The van der Waals surface area contributed by atoms with Crippen LogP contribution in [0.1, 0.15) is 22.7 Å². The Kier molecular flexibility index (Phi) is 2.17. The molecule has 0 radical (unpaired) electrons. The molecule has 1 atom stereocenters. The monoisotopic (exact) mass is 175 g/mol.